The maximum Gasteiger partial charge on any atom is 0.300 e. The predicted molar refractivity (Wildman–Crippen MR) is 131 cm³/mol. The van der Waals surface area contributed by atoms with Crippen molar-refractivity contribution < 1.29 is 24.2 Å². The molecule has 1 heterocycles. The minimum absolute atomic E-state index is 0.0473. The lowest BCUT2D eigenvalue weighted by Crippen LogP contribution is -2.29. The summed E-state index contributed by atoms with van der Waals surface area (Å²) in [7, 11) is 3.12. The van der Waals surface area contributed by atoms with E-state index in [0.29, 0.717) is 22.7 Å². The molecule has 1 saturated heterocycles. The van der Waals surface area contributed by atoms with Crippen molar-refractivity contribution in [3.05, 3.63) is 94.1 Å². The van der Waals surface area contributed by atoms with E-state index in [0.717, 1.165) is 22.3 Å². The van der Waals surface area contributed by atoms with E-state index in [4.69, 9.17) is 9.47 Å². The van der Waals surface area contributed by atoms with E-state index in [9.17, 15) is 14.7 Å². The number of methoxy groups -OCH3 is 2. The van der Waals surface area contributed by atoms with Gasteiger partial charge in [-0.2, -0.15) is 0 Å². The fraction of sp³-hybridized carbons (Fsp3) is 0.214. The van der Waals surface area contributed by atoms with E-state index in [1.54, 1.807) is 44.6 Å². The van der Waals surface area contributed by atoms with E-state index < -0.39 is 17.7 Å². The van der Waals surface area contributed by atoms with Crippen molar-refractivity contribution in [1.29, 1.82) is 0 Å². The second-order valence-electron chi connectivity index (χ2n) is 8.42. The first-order valence-corrected chi connectivity index (χ1v) is 10.9. The van der Waals surface area contributed by atoms with Gasteiger partial charge in [0.25, 0.3) is 11.7 Å². The second kappa shape index (κ2) is 9.06. The average molecular weight is 458 g/mol. The number of benzene rings is 3. The summed E-state index contributed by atoms with van der Waals surface area (Å²) in [5.74, 6) is -0.410. The van der Waals surface area contributed by atoms with E-state index in [2.05, 4.69) is 0 Å². The van der Waals surface area contributed by atoms with E-state index in [1.165, 1.54) is 4.90 Å². The SMILES string of the molecule is COc1cccc(N2C(=O)C(=O)/C(=C(/O)c3cc(C)c(OC)cc3C)C2c2cccc(C)c2)c1. The van der Waals surface area contributed by atoms with Crippen LogP contribution in [0.2, 0.25) is 0 Å². The van der Waals surface area contributed by atoms with Gasteiger partial charge in [-0.1, -0.05) is 35.9 Å². The molecule has 3 aromatic carbocycles. The van der Waals surface area contributed by atoms with Gasteiger partial charge >= 0.3 is 0 Å². The smallest absolute Gasteiger partial charge is 0.300 e. The number of aliphatic hydroxyl groups is 1. The van der Waals surface area contributed by atoms with Gasteiger partial charge in [-0.3, -0.25) is 14.5 Å². The van der Waals surface area contributed by atoms with Crippen LogP contribution in [-0.4, -0.2) is 31.0 Å². The van der Waals surface area contributed by atoms with Crippen LogP contribution >= 0.6 is 0 Å². The van der Waals surface area contributed by atoms with Crippen LogP contribution in [0, 0.1) is 20.8 Å². The fourth-order valence-corrected chi connectivity index (χ4v) is 4.42. The first kappa shape index (κ1) is 23.1. The number of carbonyl (C=O) groups excluding carboxylic acids is 2. The van der Waals surface area contributed by atoms with Gasteiger partial charge in [0.15, 0.2) is 0 Å². The molecule has 34 heavy (non-hydrogen) atoms. The van der Waals surface area contributed by atoms with Crippen molar-refractivity contribution in [2.45, 2.75) is 26.8 Å². The summed E-state index contributed by atoms with van der Waals surface area (Å²) in [6, 6.07) is 17.4. The van der Waals surface area contributed by atoms with Gasteiger partial charge in [0.1, 0.15) is 17.3 Å². The molecule has 4 rings (SSSR count). The summed E-state index contributed by atoms with van der Waals surface area (Å²) >= 11 is 0. The maximum absolute atomic E-state index is 13.4. The average Bonchev–Trinajstić information content (AvgIpc) is 3.10. The largest absolute Gasteiger partial charge is 0.507 e. The number of nitrogens with zero attached hydrogens (tertiary/aromatic N) is 1. The summed E-state index contributed by atoms with van der Waals surface area (Å²) in [5, 5.41) is 11.5. The Morgan fingerprint density at radius 2 is 1.62 bits per heavy atom. The molecule has 1 aliphatic heterocycles. The van der Waals surface area contributed by atoms with Crippen molar-refractivity contribution in [2.75, 3.05) is 19.1 Å². The van der Waals surface area contributed by atoms with Crippen LogP contribution in [0.5, 0.6) is 11.5 Å². The highest BCUT2D eigenvalue weighted by Crippen LogP contribution is 2.43. The van der Waals surface area contributed by atoms with Crippen molar-refractivity contribution in [3.63, 3.8) is 0 Å². The predicted octanol–water partition coefficient (Wildman–Crippen LogP) is 5.26. The van der Waals surface area contributed by atoms with Crippen LogP contribution in [-0.2, 0) is 9.59 Å². The van der Waals surface area contributed by atoms with Gasteiger partial charge in [-0.15, -0.1) is 0 Å². The van der Waals surface area contributed by atoms with Crippen molar-refractivity contribution in [3.8, 4) is 11.5 Å². The number of aryl methyl sites for hydroxylation is 3. The van der Waals surface area contributed by atoms with Gasteiger partial charge in [0.2, 0.25) is 0 Å². The lowest BCUT2D eigenvalue weighted by atomic mass is 9.92. The number of hydrogen-bond donors (Lipinski definition) is 1. The lowest BCUT2D eigenvalue weighted by molar-refractivity contribution is -0.132. The summed E-state index contributed by atoms with van der Waals surface area (Å²) in [5.41, 5.74) is 4.29. The standard InChI is InChI=1S/C28H27NO5/c1-16-8-6-9-19(12-16)25-24(26(30)22-13-18(3)23(34-5)14-17(22)2)27(31)28(32)29(25)20-10-7-11-21(15-20)33-4/h6-15,25,30H,1-5H3/b26-24+. The van der Waals surface area contributed by atoms with Crippen LogP contribution in [0.25, 0.3) is 5.76 Å². The third kappa shape index (κ3) is 3.92. The number of carbonyl (C=O) groups is 2. The zero-order valence-electron chi connectivity index (χ0n) is 19.9. The number of aliphatic hydroxyl groups excluding tert-OH is 1. The van der Waals surface area contributed by atoms with E-state index in [-0.39, 0.29) is 11.3 Å². The summed E-state index contributed by atoms with van der Waals surface area (Å²) in [6.45, 7) is 5.64. The first-order chi connectivity index (χ1) is 16.3. The van der Waals surface area contributed by atoms with Crippen molar-refractivity contribution in [2.24, 2.45) is 0 Å². The molecule has 0 spiro atoms. The minimum Gasteiger partial charge on any atom is -0.507 e. The molecule has 0 aromatic heterocycles. The third-order valence-corrected chi connectivity index (χ3v) is 6.13. The normalized spacial score (nSPS) is 17.2. The molecule has 174 valence electrons. The maximum atomic E-state index is 13.4. The van der Waals surface area contributed by atoms with Crippen LogP contribution in [0.4, 0.5) is 5.69 Å². The molecule has 1 N–H and O–H groups in total. The van der Waals surface area contributed by atoms with Gasteiger partial charge < -0.3 is 14.6 Å². The lowest BCUT2D eigenvalue weighted by Gasteiger charge is -2.26. The molecule has 0 saturated carbocycles. The molecule has 6 heteroatoms. The molecular formula is C28H27NO5. The molecule has 1 aliphatic rings. The Bertz CT molecular complexity index is 1320. The minimum atomic E-state index is -0.797. The molecule has 1 fully saturated rings. The molecule has 1 unspecified atom stereocenters. The molecular weight excluding hydrogens is 430 g/mol. The number of ether oxygens (including phenoxy) is 2. The molecule has 1 amide bonds. The topological polar surface area (TPSA) is 76.1 Å². The quantitative estimate of drug-likeness (QED) is 0.322. The number of ketones is 1. The Morgan fingerprint density at radius 3 is 2.29 bits per heavy atom. The highest BCUT2D eigenvalue weighted by atomic mass is 16.5. The van der Waals surface area contributed by atoms with Crippen LogP contribution in [0.1, 0.15) is 33.9 Å². The number of anilines is 1. The molecule has 0 radical (unpaired) electrons. The summed E-state index contributed by atoms with van der Waals surface area (Å²) < 4.78 is 10.7. The van der Waals surface area contributed by atoms with E-state index in [1.807, 2.05) is 51.1 Å². The highest BCUT2D eigenvalue weighted by Gasteiger charge is 2.47. The Kier molecular flexibility index (Phi) is 6.16. The van der Waals surface area contributed by atoms with Gasteiger partial charge in [0, 0.05) is 17.3 Å². The fourth-order valence-electron chi connectivity index (χ4n) is 4.42. The number of hydrogen-bond acceptors (Lipinski definition) is 5. The first-order valence-electron chi connectivity index (χ1n) is 10.9. The van der Waals surface area contributed by atoms with Crippen molar-refractivity contribution in [1.82, 2.24) is 0 Å². The molecule has 0 aliphatic carbocycles. The van der Waals surface area contributed by atoms with E-state index >= 15 is 0 Å². The van der Waals surface area contributed by atoms with Gasteiger partial charge in [0.05, 0.1) is 25.8 Å². The Morgan fingerprint density at radius 1 is 0.882 bits per heavy atom. The Labute approximate surface area is 199 Å². The zero-order valence-corrected chi connectivity index (χ0v) is 19.9. The van der Waals surface area contributed by atoms with Crippen molar-refractivity contribution >= 4 is 23.1 Å². The van der Waals surface area contributed by atoms with Crippen LogP contribution in [0.15, 0.2) is 66.2 Å². The van der Waals surface area contributed by atoms with Crippen LogP contribution < -0.4 is 14.4 Å². The van der Waals surface area contributed by atoms with Gasteiger partial charge in [-0.05, 0) is 61.7 Å². The third-order valence-electron chi connectivity index (χ3n) is 6.13. The molecule has 6 nitrogen and oxygen atoms in total. The summed E-state index contributed by atoms with van der Waals surface area (Å²) in [4.78, 5) is 28.2. The molecule has 3 aromatic rings. The molecule has 1 atom stereocenters. The number of amides is 1. The second-order valence-corrected chi connectivity index (χ2v) is 8.42. The number of rotatable bonds is 5. The zero-order chi connectivity index (χ0) is 24.6. The highest BCUT2D eigenvalue weighted by molar-refractivity contribution is 6.51. The molecule has 0 bridgehead atoms. The Hall–Kier alpha value is -4.06. The Balaban J connectivity index is 1.98. The number of Topliss-reactive ketones (excluding diaryl/α,β-unsaturated/α-hetero) is 1. The van der Waals surface area contributed by atoms with Crippen LogP contribution in [0.3, 0.4) is 0 Å². The van der Waals surface area contributed by atoms with Gasteiger partial charge in [-0.25, -0.2) is 0 Å². The monoisotopic (exact) mass is 457 g/mol. The summed E-state index contributed by atoms with van der Waals surface area (Å²) in [6.07, 6.45) is 0.